The van der Waals surface area contributed by atoms with Crippen LogP contribution in [0.1, 0.15) is 6.92 Å². The van der Waals surface area contributed by atoms with Crippen molar-refractivity contribution in [3.8, 4) is 0 Å². The molecule has 0 aromatic heterocycles. The molecule has 1 aromatic carbocycles. The fourth-order valence-electron chi connectivity index (χ4n) is 0.978. The Bertz CT molecular complexity index is 388. The van der Waals surface area contributed by atoms with Crippen molar-refractivity contribution in [2.45, 2.75) is 6.92 Å². The molecule has 0 spiro atoms. The second-order valence-electron chi connectivity index (χ2n) is 3.29. The van der Waals surface area contributed by atoms with E-state index in [1.165, 1.54) is 0 Å². The molecule has 1 rings (SSSR count). The van der Waals surface area contributed by atoms with Gasteiger partial charge in [-0.3, -0.25) is 4.79 Å². The molecule has 1 amide bonds. The molecule has 1 unspecified atom stereocenters. The molecule has 6 heteroatoms. The maximum absolute atomic E-state index is 12.9. The molecule has 1 atom stereocenters. The number of hydrogen-bond donors (Lipinski definition) is 1. The van der Waals surface area contributed by atoms with E-state index in [4.69, 9.17) is 34.8 Å². The summed E-state index contributed by atoms with van der Waals surface area (Å²) in [5, 5.41) is 2.61. The smallest absolute Gasteiger partial charge is 0.228 e. The van der Waals surface area contributed by atoms with Gasteiger partial charge in [0.05, 0.1) is 15.7 Å². The lowest BCUT2D eigenvalue weighted by Crippen LogP contribution is -2.21. The number of carbonyl (C=O) groups is 1. The van der Waals surface area contributed by atoms with Crippen molar-refractivity contribution < 1.29 is 9.18 Å². The van der Waals surface area contributed by atoms with Crippen molar-refractivity contribution >= 4 is 46.4 Å². The molecule has 0 radical (unpaired) electrons. The fourth-order valence-corrected chi connectivity index (χ4v) is 1.67. The Hall–Kier alpha value is -0.510. The second kappa shape index (κ2) is 5.71. The lowest BCUT2D eigenvalue weighted by Gasteiger charge is -2.12. The average Bonchev–Trinajstić information content (AvgIpc) is 2.21. The first kappa shape index (κ1) is 13.6. The summed E-state index contributed by atoms with van der Waals surface area (Å²) in [6.45, 7) is 1.66. The molecular formula is C10H9Cl3FNO. The van der Waals surface area contributed by atoms with Crippen LogP contribution in [0.4, 0.5) is 10.1 Å². The van der Waals surface area contributed by atoms with Gasteiger partial charge in [-0.15, -0.1) is 11.6 Å². The van der Waals surface area contributed by atoms with Crippen molar-refractivity contribution in [3.05, 3.63) is 28.0 Å². The fraction of sp³-hybridized carbons (Fsp3) is 0.300. The molecule has 0 saturated carbocycles. The summed E-state index contributed by atoms with van der Waals surface area (Å²) < 4.78 is 12.9. The van der Waals surface area contributed by atoms with Gasteiger partial charge in [0, 0.05) is 11.8 Å². The van der Waals surface area contributed by atoms with E-state index in [0.29, 0.717) is 0 Å². The van der Waals surface area contributed by atoms with Crippen LogP contribution in [0.25, 0.3) is 0 Å². The van der Waals surface area contributed by atoms with Crippen LogP contribution in [0.15, 0.2) is 12.1 Å². The molecule has 0 aliphatic rings. The van der Waals surface area contributed by atoms with E-state index in [-0.39, 0.29) is 33.4 Å². The molecule has 1 N–H and O–H groups in total. The molecule has 0 heterocycles. The van der Waals surface area contributed by atoms with Crippen LogP contribution >= 0.6 is 34.8 Å². The number of rotatable bonds is 3. The standard InChI is InChI=1S/C10H9Cl3FNO/c1-5(4-11)10(16)15-9-7(12)2-6(14)3-8(9)13/h2-3,5H,4H2,1H3,(H,15,16). The molecule has 0 saturated heterocycles. The molecule has 0 aliphatic heterocycles. The van der Waals surface area contributed by atoms with Gasteiger partial charge in [0.25, 0.3) is 0 Å². The van der Waals surface area contributed by atoms with E-state index in [1.807, 2.05) is 0 Å². The zero-order valence-corrected chi connectivity index (χ0v) is 10.6. The van der Waals surface area contributed by atoms with Crippen LogP contribution in [-0.4, -0.2) is 11.8 Å². The van der Waals surface area contributed by atoms with Crippen molar-refractivity contribution in [3.63, 3.8) is 0 Å². The number of anilines is 1. The monoisotopic (exact) mass is 283 g/mol. The highest BCUT2D eigenvalue weighted by atomic mass is 35.5. The Balaban J connectivity index is 2.93. The Labute approximate surface area is 108 Å². The first-order valence-electron chi connectivity index (χ1n) is 4.47. The van der Waals surface area contributed by atoms with E-state index in [0.717, 1.165) is 12.1 Å². The molecule has 16 heavy (non-hydrogen) atoms. The third-order valence-electron chi connectivity index (χ3n) is 1.93. The van der Waals surface area contributed by atoms with Gasteiger partial charge in [-0.25, -0.2) is 4.39 Å². The number of amides is 1. The number of carbonyl (C=O) groups excluding carboxylic acids is 1. The van der Waals surface area contributed by atoms with E-state index in [2.05, 4.69) is 5.32 Å². The maximum atomic E-state index is 12.9. The molecule has 0 aliphatic carbocycles. The molecule has 0 bridgehead atoms. The Morgan fingerprint density at radius 2 is 1.94 bits per heavy atom. The SMILES string of the molecule is CC(CCl)C(=O)Nc1c(Cl)cc(F)cc1Cl. The zero-order valence-electron chi connectivity index (χ0n) is 8.36. The number of halogens is 4. The third kappa shape index (κ3) is 3.24. The van der Waals surface area contributed by atoms with Gasteiger partial charge in [0.15, 0.2) is 0 Å². The Morgan fingerprint density at radius 1 is 1.44 bits per heavy atom. The predicted octanol–water partition coefficient (Wildman–Crippen LogP) is 3.95. The first-order valence-corrected chi connectivity index (χ1v) is 5.76. The topological polar surface area (TPSA) is 29.1 Å². The van der Waals surface area contributed by atoms with E-state index >= 15 is 0 Å². The quantitative estimate of drug-likeness (QED) is 0.837. The van der Waals surface area contributed by atoms with Crippen LogP contribution in [0, 0.1) is 11.7 Å². The van der Waals surface area contributed by atoms with Gasteiger partial charge in [0.1, 0.15) is 5.82 Å². The van der Waals surface area contributed by atoms with Gasteiger partial charge >= 0.3 is 0 Å². The van der Waals surface area contributed by atoms with Gasteiger partial charge in [-0.1, -0.05) is 30.1 Å². The number of alkyl halides is 1. The summed E-state index contributed by atoms with van der Waals surface area (Å²) in [5.74, 6) is -1.06. The number of benzene rings is 1. The van der Waals surface area contributed by atoms with Gasteiger partial charge in [0.2, 0.25) is 5.91 Å². The first-order chi connectivity index (χ1) is 7.45. The predicted molar refractivity (Wildman–Crippen MR) is 64.9 cm³/mol. The van der Waals surface area contributed by atoms with Gasteiger partial charge < -0.3 is 5.32 Å². The highest BCUT2D eigenvalue weighted by Gasteiger charge is 2.16. The Morgan fingerprint density at radius 3 is 2.38 bits per heavy atom. The van der Waals surface area contributed by atoms with Crippen LogP contribution in [-0.2, 0) is 4.79 Å². The molecule has 0 fully saturated rings. The number of nitrogens with one attached hydrogen (secondary N) is 1. The molecular weight excluding hydrogens is 275 g/mol. The molecule has 88 valence electrons. The van der Waals surface area contributed by atoms with E-state index in [1.54, 1.807) is 6.92 Å². The summed E-state index contributed by atoms with van der Waals surface area (Å²) in [6.07, 6.45) is 0. The average molecular weight is 285 g/mol. The van der Waals surface area contributed by atoms with E-state index < -0.39 is 5.82 Å². The molecule has 2 nitrogen and oxygen atoms in total. The van der Waals surface area contributed by atoms with Gasteiger partial charge in [-0.05, 0) is 12.1 Å². The summed E-state index contributed by atoms with van der Waals surface area (Å²) in [4.78, 5) is 11.5. The summed E-state index contributed by atoms with van der Waals surface area (Å²) in [5.41, 5.74) is 0.201. The van der Waals surface area contributed by atoms with E-state index in [9.17, 15) is 9.18 Å². The highest BCUT2D eigenvalue weighted by molar-refractivity contribution is 6.39. The lowest BCUT2D eigenvalue weighted by molar-refractivity contribution is -0.118. The second-order valence-corrected chi connectivity index (χ2v) is 4.41. The zero-order chi connectivity index (χ0) is 12.3. The van der Waals surface area contributed by atoms with Crippen molar-refractivity contribution in [2.75, 3.05) is 11.2 Å². The highest BCUT2D eigenvalue weighted by Crippen LogP contribution is 2.31. The van der Waals surface area contributed by atoms with Gasteiger partial charge in [-0.2, -0.15) is 0 Å². The minimum Gasteiger partial charge on any atom is -0.323 e. The van der Waals surface area contributed by atoms with Crippen LogP contribution in [0.2, 0.25) is 10.0 Å². The summed E-state index contributed by atoms with van der Waals surface area (Å²) >= 11 is 17.0. The Kier molecular flexibility index (Phi) is 4.84. The summed E-state index contributed by atoms with van der Waals surface area (Å²) in [7, 11) is 0. The summed E-state index contributed by atoms with van der Waals surface area (Å²) in [6, 6.07) is 2.16. The number of hydrogen-bond acceptors (Lipinski definition) is 1. The third-order valence-corrected chi connectivity index (χ3v) is 2.99. The molecule has 1 aromatic rings. The minimum atomic E-state index is -0.557. The van der Waals surface area contributed by atoms with Crippen LogP contribution < -0.4 is 5.32 Å². The lowest BCUT2D eigenvalue weighted by atomic mass is 10.2. The maximum Gasteiger partial charge on any atom is 0.228 e. The van der Waals surface area contributed by atoms with Crippen LogP contribution in [0.3, 0.4) is 0 Å². The normalized spacial score (nSPS) is 12.3. The minimum absolute atomic E-state index is 0.0557. The van der Waals surface area contributed by atoms with Crippen molar-refractivity contribution in [2.24, 2.45) is 5.92 Å². The van der Waals surface area contributed by atoms with Crippen molar-refractivity contribution in [1.82, 2.24) is 0 Å². The van der Waals surface area contributed by atoms with Crippen LogP contribution in [0.5, 0.6) is 0 Å². The van der Waals surface area contributed by atoms with Crippen molar-refractivity contribution in [1.29, 1.82) is 0 Å². The largest absolute Gasteiger partial charge is 0.323 e.